The van der Waals surface area contributed by atoms with Crippen molar-refractivity contribution in [3.05, 3.63) is 68.8 Å². The van der Waals surface area contributed by atoms with Gasteiger partial charge in [-0.15, -0.1) is 0 Å². The Bertz CT molecular complexity index is 1190. The number of piperidine rings is 1. The lowest BCUT2D eigenvalue weighted by atomic mass is 9.53. The molecule has 0 aromatic heterocycles. The first-order chi connectivity index (χ1) is 16.0. The van der Waals surface area contributed by atoms with Gasteiger partial charge in [-0.2, -0.15) is 0 Å². The number of phenols is 1. The number of rotatable bonds is 4. The first-order valence-electron chi connectivity index (χ1n) is 12.1. The van der Waals surface area contributed by atoms with E-state index < -0.39 is 0 Å². The van der Waals surface area contributed by atoms with Crippen molar-refractivity contribution in [3.8, 4) is 11.5 Å². The Labute approximate surface area is 207 Å². The third kappa shape index (κ3) is 2.95. The average Bonchev–Trinajstić information content (AvgIpc) is 3.55. The highest BCUT2D eigenvalue weighted by Gasteiger charge is 2.64. The minimum atomic E-state index is -0.236. The zero-order valence-corrected chi connectivity index (χ0v) is 20.5. The van der Waals surface area contributed by atoms with E-state index in [1.54, 1.807) is 6.07 Å². The van der Waals surface area contributed by atoms with Crippen molar-refractivity contribution in [1.29, 1.82) is 0 Å². The Balaban J connectivity index is 1.29. The lowest BCUT2D eigenvalue weighted by Gasteiger charge is -2.57. The minimum Gasteiger partial charge on any atom is -0.504 e. The summed E-state index contributed by atoms with van der Waals surface area (Å²) in [6, 6.07) is 11.8. The Hall–Kier alpha value is -2.06. The van der Waals surface area contributed by atoms with Gasteiger partial charge in [0.2, 0.25) is 0 Å². The molecule has 5 unspecified atom stereocenters. The number of carbonyl (C=O) groups excluding carboxylic acids is 1. The van der Waals surface area contributed by atoms with Gasteiger partial charge in [-0.3, -0.25) is 9.69 Å². The summed E-state index contributed by atoms with van der Waals surface area (Å²) >= 11 is 2.23. The molecule has 1 amide bonds. The van der Waals surface area contributed by atoms with Gasteiger partial charge in [0, 0.05) is 38.6 Å². The third-order valence-electron chi connectivity index (χ3n) is 8.59. The molecule has 6 heteroatoms. The van der Waals surface area contributed by atoms with Gasteiger partial charge in [0.05, 0.1) is 6.04 Å². The fourth-order valence-corrected chi connectivity index (χ4v) is 7.55. The summed E-state index contributed by atoms with van der Waals surface area (Å²) in [5, 5.41) is 14.0. The van der Waals surface area contributed by atoms with Gasteiger partial charge >= 0.3 is 0 Å². The Morgan fingerprint density at radius 2 is 2.12 bits per heavy atom. The van der Waals surface area contributed by atoms with Gasteiger partial charge in [-0.25, -0.2) is 0 Å². The summed E-state index contributed by atoms with van der Waals surface area (Å²) in [7, 11) is 0. The predicted molar refractivity (Wildman–Crippen MR) is 134 cm³/mol. The minimum absolute atomic E-state index is 0.0828. The highest BCUT2D eigenvalue weighted by atomic mass is 127. The summed E-state index contributed by atoms with van der Waals surface area (Å²) < 4.78 is 7.61. The maximum atomic E-state index is 13.1. The third-order valence-corrected chi connectivity index (χ3v) is 9.26. The molecule has 2 aromatic rings. The van der Waals surface area contributed by atoms with E-state index in [0.29, 0.717) is 23.3 Å². The molecule has 2 bridgehead atoms. The second-order valence-electron chi connectivity index (χ2n) is 10.4. The molecular formula is C27H27IN2O3. The normalized spacial score (nSPS) is 33.4. The molecule has 1 spiro atoms. The molecule has 2 aromatic carbocycles. The van der Waals surface area contributed by atoms with Crippen LogP contribution in [0.4, 0.5) is 0 Å². The molecule has 7 rings (SSSR count). The Morgan fingerprint density at radius 3 is 2.94 bits per heavy atom. The number of carbonyl (C=O) groups is 1. The standard InChI is InChI=1S/C27H27IN2O3/c28-18-3-1-2-17(12-18)26(32)29-20-8-7-19-21-13-16-6-9-22(31)24-23(16)27(19,25(20)33-24)10-11-30(21)14-15-4-5-15/h1-3,6-9,12,15,19-21,25,31H,4-5,10-11,13-14H2,(H,29,32). The molecule has 3 aliphatic carbocycles. The summed E-state index contributed by atoms with van der Waals surface area (Å²) in [5.74, 6) is 1.99. The number of hydrogen-bond acceptors (Lipinski definition) is 4. The van der Waals surface area contributed by atoms with E-state index in [0.717, 1.165) is 28.9 Å². The fraction of sp³-hybridized carbons (Fsp3) is 0.444. The number of likely N-dealkylation sites (tertiary alicyclic amines) is 1. The van der Waals surface area contributed by atoms with Crippen molar-refractivity contribution in [2.75, 3.05) is 13.1 Å². The molecule has 33 heavy (non-hydrogen) atoms. The van der Waals surface area contributed by atoms with Crippen LogP contribution in [0.5, 0.6) is 11.5 Å². The van der Waals surface area contributed by atoms with Crippen LogP contribution < -0.4 is 10.1 Å². The van der Waals surface area contributed by atoms with E-state index in [1.807, 2.05) is 24.3 Å². The lowest BCUT2D eigenvalue weighted by molar-refractivity contribution is -0.0203. The van der Waals surface area contributed by atoms with Crippen LogP contribution in [0.25, 0.3) is 0 Å². The number of hydrogen-bond donors (Lipinski definition) is 2. The summed E-state index contributed by atoms with van der Waals surface area (Å²) in [5.41, 5.74) is 2.99. The van der Waals surface area contributed by atoms with Crippen LogP contribution in [-0.2, 0) is 11.8 Å². The highest BCUT2D eigenvalue weighted by molar-refractivity contribution is 14.1. The molecule has 1 saturated heterocycles. The number of aromatic hydroxyl groups is 1. The quantitative estimate of drug-likeness (QED) is 0.443. The molecule has 5 aliphatic rings. The number of amides is 1. The van der Waals surface area contributed by atoms with E-state index in [-0.39, 0.29) is 29.2 Å². The van der Waals surface area contributed by atoms with Crippen molar-refractivity contribution in [1.82, 2.24) is 10.2 Å². The van der Waals surface area contributed by atoms with Crippen LogP contribution in [0.15, 0.2) is 48.6 Å². The van der Waals surface area contributed by atoms with E-state index in [2.05, 4.69) is 51.0 Å². The van der Waals surface area contributed by atoms with Gasteiger partial charge in [0.15, 0.2) is 11.5 Å². The first-order valence-corrected chi connectivity index (χ1v) is 13.1. The molecule has 2 heterocycles. The molecule has 170 valence electrons. The first kappa shape index (κ1) is 20.3. The largest absolute Gasteiger partial charge is 0.504 e. The summed E-state index contributed by atoms with van der Waals surface area (Å²) in [6.45, 7) is 2.25. The maximum absolute atomic E-state index is 13.1. The molecule has 5 atom stereocenters. The van der Waals surface area contributed by atoms with Crippen LogP contribution in [0.3, 0.4) is 0 Å². The SMILES string of the molecule is O=C(NC1C=CC2C3Cc4ccc(O)c5c4C2(CCN3CC2CC2)C1O5)c1cccc(I)c1. The van der Waals surface area contributed by atoms with E-state index in [9.17, 15) is 9.90 Å². The number of benzene rings is 2. The molecule has 2 fully saturated rings. The van der Waals surface area contributed by atoms with Gasteiger partial charge in [0.25, 0.3) is 5.91 Å². The average molecular weight is 554 g/mol. The second kappa shape index (κ2) is 7.22. The van der Waals surface area contributed by atoms with E-state index in [1.165, 1.54) is 30.5 Å². The topological polar surface area (TPSA) is 61.8 Å². The zero-order chi connectivity index (χ0) is 22.3. The Kier molecular flexibility index (Phi) is 4.45. The molecule has 1 saturated carbocycles. The van der Waals surface area contributed by atoms with Crippen molar-refractivity contribution < 1.29 is 14.6 Å². The highest BCUT2D eigenvalue weighted by Crippen LogP contribution is 2.62. The van der Waals surface area contributed by atoms with E-state index >= 15 is 0 Å². The molecular weight excluding hydrogens is 527 g/mol. The van der Waals surface area contributed by atoms with Gasteiger partial charge < -0.3 is 15.2 Å². The maximum Gasteiger partial charge on any atom is 0.251 e. The monoisotopic (exact) mass is 554 g/mol. The second-order valence-corrected chi connectivity index (χ2v) is 11.7. The predicted octanol–water partition coefficient (Wildman–Crippen LogP) is 4.02. The summed E-state index contributed by atoms with van der Waals surface area (Å²) in [6.07, 6.45) is 9.03. The lowest BCUT2D eigenvalue weighted by Crippen LogP contribution is -2.67. The van der Waals surface area contributed by atoms with Gasteiger partial charge in [-0.05, 0) is 90.6 Å². The van der Waals surface area contributed by atoms with Gasteiger partial charge in [-0.1, -0.05) is 24.3 Å². The van der Waals surface area contributed by atoms with Crippen LogP contribution in [0, 0.1) is 15.4 Å². The number of nitrogens with zero attached hydrogens (tertiary/aromatic N) is 1. The van der Waals surface area contributed by atoms with Crippen LogP contribution in [0.1, 0.15) is 40.7 Å². The number of halogens is 1. The Morgan fingerprint density at radius 1 is 1.24 bits per heavy atom. The fourth-order valence-electron chi connectivity index (χ4n) is 7.00. The van der Waals surface area contributed by atoms with Crippen molar-refractivity contribution in [2.24, 2.45) is 11.8 Å². The van der Waals surface area contributed by atoms with Crippen LogP contribution >= 0.6 is 22.6 Å². The van der Waals surface area contributed by atoms with E-state index in [4.69, 9.17) is 4.74 Å². The van der Waals surface area contributed by atoms with Crippen LogP contribution in [0.2, 0.25) is 0 Å². The number of nitrogens with one attached hydrogen (secondary N) is 1. The zero-order valence-electron chi connectivity index (χ0n) is 18.3. The van der Waals surface area contributed by atoms with Crippen LogP contribution in [-0.4, -0.2) is 47.2 Å². The van der Waals surface area contributed by atoms with Crippen molar-refractivity contribution >= 4 is 28.5 Å². The molecule has 2 aliphatic heterocycles. The molecule has 0 radical (unpaired) electrons. The van der Waals surface area contributed by atoms with Crippen molar-refractivity contribution in [2.45, 2.75) is 49.3 Å². The smallest absolute Gasteiger partial charge is 0.251 e. The number of ether oxygens (including phenoxy) is 1. The molecule has 5 nitrogen and oxygen atoms in total. The summed E-state index contributed by atoms with van der Waals surface area (Å²) in [4.78, 5) is 15.9. The number of phenolic OH excluding ortho intramolecular Hbond substituents is 1. The van der Waals surface area contributed by atoms with Gasteiger partial charge in [0.1, 0.15) is 6.10 Å². The van der Waals surface area contributed by atoms with Crippen molar-refractivity contribution in [3.63, 3.8) is 0 Å². The molecule has 2 N–H and O–H groups in total.